The van der Waals surface area contributed by atoms with Gasteiger partial charge in [-0.25, -0.2) is 0 Å². The van der Waals surface area contributed by atoms with Gasteiger partial charge in [-0.1, -0.05) is 42.5 Å². The molecule has 23 heavy (non-hydrogen) atoms. The van der Waals surface area contributed by atoms with E-state index in [1.54, 1.807) is 6.07 Å². The van der Waals surface area contributed by atoms with Crippen LogP contribution in [-0.4, -0.2) is 18.5 Å². The van der Waals surface area contributed by atoms with Crippen molar-refractivity contribution < 1.29 is 13.2 Å². The van der Waals surface area contributed by atoms with Gasteiger partial charge in [0.05, 0.1) is 5.56 Å². The van der Waals surface area contributed by atoms with Gasteiger partial charge in [0.2, 0.25) is 0 Å². The second-order valence-electron chi connectivity index (χ2n) is 5.73. The van der Waals surface area contributed by atoms with E-state index < -0.39 is 11.7 Å². The number of halogens is 3. The lowest BCUT2D eigenvalue weighted by atomic mass is 10.1. The minimum absolute atomic E-state index is 0.467. The van der Waals surface area contributed by atoms with Gasteiger partial charge in [0.25, 0.3) is 0 Å². The van der Waals surface area contributed by atoms with E-state index in [1.165, 1.54) is 17.7 Å². The zero-order valence-electron chi connectivity index (χ0n) is 13.1. The van der Waals surface area contributed by atoms with Gasteiger partial charge in [-0.05, 0) is 42.8 Å². The molecule has 0 aliphatic rings. The first kappa shape index (κ1) is 17.5. The van der Waals surface area contributed by atoms with Crippen LogP contribution in [0.25, 0.3) is 0 Å². The monoisotopic (exact) mass is 322 g/mol. The Morgan fingerprint density at radius 2 is 1.52 bits per heavy atom. The van der Waals surface area contributed by atoms with Gasteiger partial charge in [-0.2, -0.15) is 13.2 Å². The van der Waals surface area contributed by atoms with Crippen LogP contribution in [0.15, 0.2) is 48.5 Å². The molecule has 0 aliphatic carbocycles. The Balaban J connectivity index is 1.98. The molecule has 124 valence electrons. The van der Waals surface area contributed by atoms with E-state index in [9.17, 15) is 13.2 Å². The predicted octanol–water partition coefficient (Wildman–Crippen LogP) is 3.84. The van der Waals surface area contributed by atoms with Gasteiger partial charge in [-0.3, -0.25) is 4.90 Å². The molecule has 2 aromatic rings. The molecule has 0 radical (unpaired) electrons. The summed E-state index contributed by atoms with van der Waals surface area (Å²) < 4.78 is 38.2. The molecule has 5 heteroatoms. The van der Waals surface area contributed by atoms with Crippen molar-refractivity contribution in [1.82, 2.24) is 4.90 Å². The zero-order chi connectivity index (χ0) is 16.9. The largest absolute Gasteiger partial charge is 0.416 e. The van der Waals surface area contributed by atoms with E-state index in [-0.39, 0.29) is 0 Å². The topological polar surface area (TPSA) is 29.3 Å². The fourth-order valence-electron chi connectivity index (χ4n) is 2.50. The van der Waals surface area contributed by atoms with E-state index in [2.05, 4.69) is 0 Å². The van der Waals surface area contributed by atoms with Crippen molar-refractivity contribution in [2.45, 2.75) is 25.7 Å². The third-order valence-corrected chi connectivity index (χ3v) is 3.62. The molecule has 0 amide bonds. The molecule has 2 nitrogen and oxygen atoms in total. The Morgan fingerprint density at radius 1 is 0.913 bits per heavy atom. The number of nitrogens with zero attached hydrogens (tertiary/aromatic N) is 1. The van der Waals surface area contributed by atoms with E-state index in [1.807, 2.05) is 36.2 Å². The highest BCUT2D eigenvalue weighted by molar-refractivity contribution is 5.26. The van der Waals surface area contributed by atoms with Crippen LogP contribution in [0.3, 0.4) is 0 Å². The molecule has 0 saturated heterocycles. The first-order chi connectivity index (χ1) is 10.9. The third-order valence-electron chi connectivity index (χ3n) is 3.62. The Labute approximate surface area is 134 Å². The molecule has 0 heterocycles. The second-order valence-corrected chi connectivity index (χ2v) is 5.73. The summed E-state index contributed by atoms with van der Waals surface area (Å²) in [5.41, 5.74) is 7.89. The number of rotatable bonds is 6. The molecule has 0 fully saturated rings. The summed E-state index contributed by atoms with van der Waals surface area (Å²) >= 11 is 0. The first-order valence-electron chi connectivity index (χ1n) is 7.51. The van der Waals surface area contributed by atoms with Gasteiger partial charge in [-0.15, -0.1) is 0 Å². The SMILES string of the molecule is CN(Cc1ccc(CCN)cc1)Cc1cccc(C(F)(F)F)c1. The van der Waals surface area contributed by atoms with E-state index in [4.69, 9.17) is 5.73 Å². The number of hydrogen-bond donors (Lipinski definition) is 1. The summed E-state index contributed by atoms with van der Waals surface area (Å²) in [6.07, 6.45) is -3.45. The minimum Gasteiger partial charge on any atom is -0.330 e. The summed E-state index contributed by atoms with van der Waals surface area (Å²) in [6, 6.07) is 13.6. The van der Waals surface area contributed by atoms with Crippen LogP contribution in [0.2, 0.25) is 0 Å². The minimum atomic E-state index is -4.30. The standard InChI is InChI=1S/C18H21F3N2/c1-23(12-15-7-5-14(6-8-15)9-10-22)13-16-3-2-4-17(11-16)18(19,20)21/h2-8,11H,9-10,12-13,22H2,1H3. The zero-order valence-corrected chi connectivity index (χ0v) is 13.1. The quantitative estimate of drug-likeness (QED) is 0.875. The molecule has 2 rings (SSSR count). The molecular weight excluding hydrogens is 301 g/mol. The smallest absolute Gasteiger partial charge is 0.330 e. The average Bonchev–Trinajstić information content (AvgIpc) is 2.49. The van der Waals surface area contributed by atoms with Crippen LogP contribution in [0, 0.1) is 0 Å². The van der Waals surface area contributed by atoms with Gasteiger partial charge < -0.3 is 5.73 Å². The number of hydrogen-bond acceptors (Lipinski definition) is 2. The molecule has 0 spiro atoms. The first-order valence-corrected chi connectivity index (χ1v) is 7.51. The molecule has 0 unspecified atom stereocenters. The summed E-state index contributed by atoms with van der Waals surface area (Å²) in [5.74, 6) is 0. The number of alkyl halides is 3. The van der Waals surface area contributed by atoms with E-state index in [0.29, 0.717) is 25.2 Å². The lowest BCUT2D eigenvalue weighted by molar-refractivity contribution is -0.137. The van der Waals surface area contributed by atoms with Crippen LogP contribution in [0.1, 0.15) is 22.3 Å². The lowest BCUT2D eigenvalue weighted by Gasteiger charge is -2.18. The Morgan fingerprint density at radius 3 is 2.13 bits per heavy atom. The van der Waals surface area contributed by atoms with Crippen molar-refractivity contribution in [3.05, 3.63) is 70.8 Å². The predicted molar refractivity (Wildman–Crippen MR) is 85.8 cm³/mol. The molecule has 0 saturated carbocycles. The maximum Gasteiger partial charge on any atom is 0.416 e. The van der Waals surface area contributed by atoms with Gasteiger partial charge >= 0.3 is 6.18 Å². The second kappa shape index (κ2) is 7.62. The van der Waals surface area contributed by atoms with E-state index in [0.717, 1.165) is 18.1 Å². The molecule has 0 aromatic heterocycles. The summed E-state index contributed by atoms with van der Waals surface area (Å²) in [7, 11) is 1.90. The molecule has 2 N–H and O–H groups in total. The normalized spacial score (nSPS) is 11.9. The van der Waals surface area contributed by atoms with Gasteiger partial charge in [0.15, 0.2) is 0 Å². The van der Waals surface area contributed by atoms with Crippen molar-refractivity contribution in [2.75, 3.05) is 13.6 Å². The number of benzene rings is 2. The highest BCUT2D eigenvalue weighted by Crippen LogP contribution is 2.29. The molecule has 0 aliphatic heterocycles. The van der Waals surface area contributed by atoms with Crippen molar-refractivity contribution in [3.63, 3.8) is 0 Å². The van der Waals surface area contributed by atoms with Crippen molar-refractivity contribution in [1.29, 1.82) is 0 Å². The third kappa shape index (κ3) is 5.37. The van der Waals surface area contributed by atoms with Gasteiger partial charge in [0.1, 0.15) is 0 Å². The van der Waals surface area contributed by atoms with Crippen LogP contribution in [-0.2, 0) is 25.7 Å². The van der Waals surface area contributed by atoms with Crippen LogP contribution in [0.4, 0.5) is 13.2 Å². The fourth-order valence-corrected chi connectivity index (χ4v) is 2.50. The maximum atomic E-state index is 12.7. The fraction of sp³-hybridized carbons (Fsp3) is 0.333. The van der Waals surface area contributed by atoms with E-state index >= 15 is 0 Å². The lowest BCUT2D eigenvalue weighted by Crippen LogP contribution is -2.17. The Bertz CT molecular complexity index is 621. The van der Waals surface area contributed by atoms with Crippen molar-refractivity contribution in [3.8, 4) is 0 Å². The Kier molecular flexibility index (Phi) is 5.80. The molecule has 0 bridgehead atoms. The van der Waals surface area contributed by atoms with Crippen LogP contribution < -0.4 is 5.73 Å². The summed E-state index contributed by atoms with van der Waals surface area (Å²) in [4.78, 5) is 1.99. The highest BCUT2D eigenvalue weighted by atomic mass is 19.4. The van der Waals surface area contributed by atoms with Gasteiger partial charge in [0, 0.05) is 13.1 Å². The maximum absolute atomic E-state index is 12.7. The molecule has 2 aromatic carbocycles. The van der Waals surface area contributed by atoms with Crippen molar-refractivity contribution in [2.24, 2.45) is 5.73 Å². The summed E-state index contributed by atoms with van der Waals surface area (Å²) in [6.45, 7) is 1.77. The van der Waals surface area contributed by atoms with Crippen LogP contribution in [0.5, 0.6) is 0 Å². The highest BCUT2D eigenvalue weighted by Gasteiger charge is 2.30. The summed E-state index contributed by atoms with van der Waals surface area (Å²) in [5, 5.41) is 0. The van der Waals surface area contributed by atoms with Crippen LogP contribution >= 0.6 is 0 Å². The molecular formula is C18H21F3N2. The number of nitrogens with two attached hydrogens (primary N) is 1. The Hall–Kier alpha value is -1.85. The molecule has 0 atom stereocenters. The van der Waals surface area contributed by atoms with Crippen molar-refractivity contribution >= 4 is 0 Å². The average molecular weight is 322 g/mol.